The fraction of sp³-hybridized carbons (Fsp3) is 0.130. The summed E-state index contributed by atoms with van der Waals surface area (Å²) in [6.45, 7) is 2.07. The first-order valence-electron chi connectivity index (χ1n) is 9.61. The van der Waals surface area contributed by atoms with Crippen molar-refractivity contribution in [2.75, 3.05) is 6.54 Å². The number of nitrogens with zero attached hydrogens (tertiary/aromatic N) is 3. The van der Waals surface area contributed by atoms with E-state index in [1.165, 1.54) is 0 Å². The Balaban J connectivity index is 1.62. The highest BCUT2D eigenvalue weighted by Crippen LogP contribution is 2.22. The van der Waals surface area contributed by atoms with Gasteiger partial charge in [-0.2, -0.15) is 0 Å². The highest BCUT2D eigenvalue weighted by Gasteiger charge is 2.21. The third-order valence-electron chi connectivity index (χ3n) is 4.88. The Morgan fingerprint density at radius 3 is 2.20 bits per heavy atom. The van der Waals surface area contributed by atoms with Gasteiger partial charge in [-0.25, -0.2) is 17.8 Å². The molecule has 0 amide bonds. The molecule has 0 spiro atoms. The number of rotatable bonds is 7. The van der Waals surface area contributed by atoms with Gasteiger partial charge in [-0.05, 0) is 24.6 Å². The summed E-state index contributed by atoms with van der Waals surface area (Å²) in [5, 5.41) is 8.57. The fourth-order valence-electron chi connectivity index (χ4n) is 3.20. The number of nitrogens with one attached hydrogen (secondary N) is 1. The van der Waals surface area contributed by atoms with Crippen molar-refractivity contribution in [3.63, 3.8) is 0 Å². The molecule has 0 fully saturated rings. The normalized spacial score (nSPS) is 12.6. The minimum absolute atomic E-state index is 0.151. The molecule has 1 N–H and O–H groups in total. The molecule has 0 bridgehead atoms. The van der Waals surface area contributed by atoms with E-state index in [1.54, 1.807) is 28.9 Å². The van der Waals surface area contributed by atoms with Crippen molar-refractivity contribution in [3.05, 3.63) is 102 Å². The summed E-state index contributed by atoms with van der Waals surface area (Å²) in [4.78, 5) is 0.239. The van der Waals surface area contributed by atoms with Gasteiger partial charge in [0.15, 0.2) is 0 Å². The van der Waals surface area contributed by atoms with Crippen molar-refractivity contribution in [3.8, 4) is 11.3 Å². The quantitative estimate of drug-likeness (QED) is 0.495. The summed E-state index contributed by atoms with van der Waals surface area (Å²) in [5.74, 6) is 0. The standard InChI is InChI=1S/C23H22N4O2S/c1-18-12-14-21(15-13-18)30(28,29)24-16-23(20-10-6-3-7-11-20)27-17-22(25-26-27)19-8-4-2-5-9-19/h2-15,17,23-24H,16H2,1H3/t23-/m1/s1. The van der Waals surface area contributed by atoms with Gasteiger partial charge in [0.1, 0.15) is 5.69 Å². The van der Waals surface area contributed by atoms with Gasteiger partial charge in [-0.3, -0.25) is 0 Å². The molecule has 152 valence electrons. The van der Waals surface area contributed by atoms with Gasteiger partial charge in [0.25, 0.3) is 0 Å². The van der Waals surface area contributed by atoms with E-state index < -0.39 is 10.0 Å². The lowest BCUT2D eigenvalue weighted by molar-refractivity contribution is 0.492. The van der Waals surface area contributed by atoms with Gasteiger partial charge >= 0.3 is 0 Å². The zero-order valence-electron chi connectivity index (χ0n) is 16.5. The maximum Gasteiger partial charge on any atom is 0.240 e. The largest absolute Gasteiger partial charge is 0.243 e. The average molecular weight is 419 g/mol. The van der Waals surface area contributed by atoms with Crippen molar-refractivity contribution in [2.45, 2.75) is 17.9 Å². The maximum absolute atomic E-state index is 12.8. The van der Waals surface area contributed by atoms with Crippen LogP contribution >= 0.6 is 0 Å². The second-order valence-corrected chi connectivity index (χ2v) is 8.81. The van der Waals surface area contributed by atoms with E-state index in [0.717, 1.165) is 22.4 Å². The molecule has 30 heavy (non-hydrogen) atoms. The zero-order chi connectivity index (χ0) is 21.0. The van der Waals surface area contributed by atoms with Crippen molar-refractivity contribution in [2.24, 2.45) is 0 Å². The molecule has 4 rings (SSSR count). The van der Waals surface area contributed by atoms with E-state index in [-0.39, 0.29) is 17.5 Å². The van der Waals surface area contributed by atoms with Crippen LogP contribution < -0.4 is 4.72 Å². The number of benzene rings is 3. The van der Waals surface area contributed by atoms with Crippen LogP contribution in [-0.4, -0.2) is 30.0 Å². The second kappa shape index (κ2) is 8.61. The van der Waals surface area contributed by atoms with E-state index in [0.29, 0.717) is 0 Å². The molecule has 0 aliphatic heterocycles. The lowest BCUT2D eigenvalue weighted by Crippen LogP contribution is -2.31. The van der Waals surface area contributed by atoms with Gasteiger partial charge in [0, 0.05) is 12.1 Å². The summed E-state index contributed by atoms with van der Waals surface area (Å²) < 4.78 is 30.0. The Kier molecular flexibility index (Phi) is 5.74. The Hall–Kier alpha value is -3.29. The van der Waals surface area contributed by atoms with Crippen molar-refractivity contribution < 1.29 is 8.42 Å². The van der Waals surface area contributed by atoms with Crippen molar-refractivity contribution >= 4 is 10.0 Å². The third kappa shape index (κ3) is 4.48. The molecule has 7 heteroatoms. The van der Waals surface area contributed by atoms with Crippen molar-refractivity contribution in [1.82, 2.24) is 19.7 Å². The molecule has 0 radical (unpaired) electrons. The van der Waals surface area contributed by atoms with Gasteiger partial charge < -0.3 is 0 Å². The number of aromatic nitrogens is 3. The first-order chi connectivity index (χ1) is 14.5. The van der Waals surface area contributed by atoms with Crippen LogP contribution in [0, 0.1) is 6.92 Å². The first kappa shape index (κ1) is 20.0. The van der Waals surface area contributed by atoms with Crippen LogP contribution in [0.15, 0.2) is 96.0 Å². The van der Waals surface area contributed by atoms with Crippen LogP contribution in [0.4, 0.5) is 0 Å². The molecule has 6 nitrogen and oxygen atoms in total. The molecule has 1 aromatic heterocycles. The predicted octanol–water partition coefficient (Wildman–Crippen LogP) is 3.82. The lowest BCUT2D eigenvalue weighted by atomic mass is 10.1. The summed E-state index contributed by atoms with van der Waals surface area (Å²) >= 11 is 0. The molecule has 1 atom stereocenters. The molecule has 0 saturated carbocycles. The van der Waals surface area contributed by atoms with Crippen LogP contribution in [0.25, 0.3) is 11.3 Å². The third-order valence-corrected chi connectivity index (χ3v) is 6.32. The van der Waals surface area contributed by atoms with Crippen LogP contribution in [0.3, 0.4) is 0 Å². The minimum Gasteiger partial charge on any atom is -0.243 e. The molecule has 0 saturated heterocycles. The van der Waals surface area contributed by atoms with Gasteiger partial charge in [-0.1, -0.05) is 83.6 Å². The number of sulfonamides is 1. The maximum atomic E-state index is 12.8. The molecular formula is C23H22N4O2S. The van der Waals surface area contributed by atoms with Gasteiger partial charge in [0.2, 0.25) is 10.0 Å². The molecule has 1 heterocycles. The first-order valence-corrected chi connectivity index (χ1v) is 11.1. The highest BCUT2D eigenvalue weighted by molar-refractivity contribution is 7.89. The fourth-order valence-corrected chi connectivity index (χ4v) is 4.24. The minimum atomic E-state index is -3.64. The molecule has 0 aliphatic carbocycles. The van der Waals surface area contributed by atoms with E-state index in [1.807, 2.05) is 73.8 Å². The topological polar surface area (TPSA) is 76.9 Å². The summed E-state index contributed by atoms with van der Waals surface area (Å²) in [7, 11) is -3.64. The van der Waals surface area contributed by atoms with E-state index in [9.17, 15) is 8.42 Å². The molecule has 0 aliphatic rings. The van der Waals surface area contributed by atoms with Crippen LogP contribution in [0.1, 0.15) is 17.2 Å². The molecule has 4 aromatic rings. The predicted molar refractivity (Wildman–Crippen MR) is 116 cm³/mol. The second-order valence-electron chi connectivity index (χ2n) is 7.04. The van der Waals surface area contributed by atoms with Crippen LogP contribution in [0.5, 0.6) is 0 Å². The van der Waals surface area contributed by atoms with Gasteiger partial charge in [-0.15, -0.1) is 5.10 Å². The van der Waals surface area contributed by atoms with E-state index >= 15 is 0 Å². The zero-order valence-corrected chi connectivity index (χ0v) is 17.3. The Morgan fingerprint density at radius 2 is 1.53 bits per heavy atom. The van der Waals surface area contributed by atoms with Crippen molar-refractivity contribution in [1.29, 1.82) is 0 Å². The Labute approximate surface area is 176 Å². The monoisotopic (exact) mass is 418 g/mol. The number of hydrogen-bond donors (Lipinski definition) is 1. The van der Waals surface area contributed by atoms with Crippen LogP contribution in [0.2, 0.25) is 0 Å². The highest BCUT2D eigenvalue weighted by atomic mass is 32.2. The Bertz CT molecular complexity index is 1210. The molecule has 3 aromatic carbocycles. The van der Waals surface area contributed by atoms with Crippen LogP contribution in [-0.2, 0) is 10.0 Å². The SMILES string of the molecule is Cc1ccc(S(=O)(=O)NC[C@H](c2ccccc2)n2cc(-c3ccccc3)nn2)cc1. The van der Waals surface area contributed by atoms with E-state index in [2.05, 4.69) is 15.0 Å². The number of aryl methyl sites for hydroxylation is 1. The van der Waals surface area contributed by atoms with E-state index in [4.69, 9.17) is 0 Å². The number of hydrogen-bond acceptors (Lipinski definition) is 4. The molecule has 0 unspecified atom stereocenters. The lowest BCUT2D eigenvalue weighted by Gasteiger charge is -2.18. The average Bonchev–Trinajstić information content (AvgIpc) is 3.25. The Morgan fingerprint density at radius 1 is 0.900 bits per heavy atom. The smallest absolute Gasteiger partial charge is 0.240 e. The summed E-state index contributed by atoms with van der Waals surface area (Å²) in [6.07, 6.45) is 1.84. The van der Waals surface area contributed by atoms with Gasteiger partial charge in [0.05, 0.1) is 17.1 Å². The molecular weight excluding hydrogens is 396 g/mol. The summed E-state index contributed by atoms with van der Waals surface area (Å²) in [6, 6.07) is 25.9. The summed E-state index contributed by atoms with van der Waals surface area (Å²) in [5.41, 5.74) is 3.63.